The number of rotatable bonds is 8. The normalized spacial score (nSPS) is 14.8. The Bertz CT molecular complexity index is 1650. The smallest absolute Gasteiger partial charge is 0.311 e. The van der Waals surface area contributed by atoms with Crippen molar-refractivity contribution in [1.29, 1.82) is 5.26 Å². The van der Waals surface area contributed by atoms with Crippen LogP contribution < -0.4 is 4.74 Å². The molecule has 1 aliphatic heterocycles. The van der Waals surface area contributed by atoms with E-state index < -0.39 is 20.5 Å². The molecule has 2 heterocycles. The predicted octanol–water partition coefficient (Wildman–Crippen LogP) is 3.93. The zero-order valence-electron chi connectivity index (χ0n) is 20.4. The Hall–Kier alpha value is -4.53. The van der Waals surface area contributed by atoms with Gasteiger partial charge in [-0.25, -0.2) is 8.42 Å². The second-order valence-corrected chi connectivity index (χ2v) is 11.1. The largest absolute Gasteiger partial charge is 0.482 e. The first-order valence-corrected chi connectivity index (χ1v) is 13.5. The van der Waals surface area contributed by atoms with Crippen LogP contribution in [0.1, 0.15) is 16.7 Å². The maximum atomic E-state index is 12.2. The van der Waals surface area contributed by atoms with Gasteiger partial charge in [-0.1, -0.05) is 60.7 Å². The van der Waals surface area contributed by atoms with E-state index in [0.717, 1.165) is 11.8 Å². The number of nitro benzene ring substituents is 1. The fraction of sp³-hybridized carbons (Fsp3) is 0.185. The third kappa shape index (κ3) is 4.51. The minimum absolute atomic E-state index is 0.0952. The Morgan fingerprint density at radius 3 is 2.47 bits per heavy atom. The molecule has 192 valence electrons. The van der Waals surface area contributed by atoms with Crippen LogP contribution in [0, 0.1) is 21.4 Å². The summed E-state index contributed by atoms with van der Waals surface area (Å²) in [7, 11) is -3.46. The highest BCUT2D eigenvalue weighted by Crippen LogP contribution is 2.42. The van der Waals surface area contributed by atoms with Crippen molar-refractivity contribution < 1.29 is 18.1 Å². The minimum atomic E-state index is -3.46. The van der Waals surface area contributed by atoms with E-state index in [2.05, 4.69) is 11.2 Å². The zero-order valence-corrected chi connectivity index (χ0v) is 21.2. The zero-order chi connectivity index (χ0) is 26.9. The van der Waals surface area contributed by atoms with Crippen LogP contribution in [0.15, 0.2) is 85.2 Å². The molecule has 1 fully saturated rings. The molecule has 0 bridgehead atoms. The van der Waals surface area contributed by atoms with E-state index >= 15 is 0 Å². The van der Waals surface area contributed by atoms with E-state index in [9.17, 15) is 23.8 Å². The molecule has 1 aliphatic rings. The molecule has 38 heavy (non-hydrogen) atoms. The van der Waals surface area contributed by atoms with Crippen molar-refractivity contribution in [1.82, 2.24) is 14.1 Å². The summed E-state index contributed by atoms with van der Waals surface area (Å²) in [6.45, 7) is 0.325. The van der Waals surface area contributed by atoms with Crippen LogP contribution >= 0.6 is 0 Å². The molecule has 11 heteroatoms. The van der Waals surface area contributed by atoms with Crippen molar-refractivity contribution >= 4 is 15.7 Å². The molecule has 4 aromatic rings. The molecule has 3 aromatic carbocycles. The maximum Gasteiger partial charge on any atom is 0.311 e. The number of para-hydroxylation sites is 1. The first-order chi connectivity index (χ1) is 18.2. The van der Waals surface area contributed by atoms with Gasteiger partial charge in [0.15, 0.2) is 0 Å². The summed E-state index contributed by atoms with van der Waals surface area (Å²) in [5.41, 5.74) is 1.86. The molecule has 0 spiro atoms. The molecular weight excluding hydrogens is 506 g/mol. The number of aromatic nitrogens is 2. The van der Waals surface area contributed by atoms with Gasteiger partial charge in [0.1, 0.15) is 12.1 Å². The Labute approximate surface area is 219 Å². The number of hydrogen-bond donors (Lipinski definition) is 0. The lowest BCUT2D eigenvalue weighted by atomic mass is 9.81. The third-order valence-electron chi connectivity index (χ3n) is 6.64. The van der Waals surface area contributed by atoms with Crippen LogP contribution in [-0.4, -0.2) is 46.8 Å². The number of hydrogen-bond acceptors (Lipinski definition) is 7. The Balaban J connectivity index is 1.57. The summed E-state index contributed by atoms with van der Waals surface area (Å²) in [6, 6.07) is 23.2. The van der Waals surface area contributed by atoms with Gasteiger partial charge in [0.25, 0.3) is 0 Å². The van der Waals surface area contributed by atoms with E-state index in [4.69, 9.17) is 4.74 Å². The molecular formula is C27H23N5O5S. The van der Waals surface area contributed by atoms with Crippen molar-refractivity contribution in [2.75, 3.05) is 19.3 Å². The van der Waals surface area contributed by atoms with E-state index in [-0.39, 0.29) is 31.1 Å². The second-order valence-electron chi connectivity index (χ2n) is 9.08. The standard InChI is InChI=1S/C27H23N5O5S/c1-38(35,36)30-18-27(19-30,24-12-6-5-10-21(24)14-28)31-16-22(15-29-31)23-11-7-13-25(32(33)34)26(23)37-17-20-8-3-2-4-9-20/h2-13,15-16H,17-19H2,1H3. The minimum Gasteiger partial charge on any atom is -0.482 e. The molecule has 10 nitrogen and oxygen atoms in total. The summed E-state index contributed by atoms with van der Waals surface area (Å²) < 4.78 is 33.4. The van der Waals surface area contributed by atoms with Gasteiger partial charge < -0.3 is 4.74 Å². The van der Waals surface area contributed by atoms with Crippen molar-refractivity contribution in [2.45, 2.75) is 12.1 Å². The number of nitrogens with zero attached hydrogens (tertiary/aromatic N) is 5. The predicted molar refractivity (Wildman–Crippen MR) is 140 cm³/mol. The Kier molecular flexibility index (Phi) is 6.44. The van der Waals surface area contributed by atoms with Crippen LogP contribution in [0.2, 0.25) is 0 Å². The van der Waals surface area contributed by atoms with Crippen LogP contribution in [0.3, 0.4) is 0 Å². The summed E-state index contributed by atoms with van der Waals surface area (Å²) in [5, 5.41) is 26.1. The average molecular weight is 530 g/mol. The SMILES string of the molecule is CS(=O)(=O)N1CC(c2ccccc2C#N)(n2cc(-c3cccc([N+](=O)[O-])c3OCc3ccccc3)cn2)C1. The number of ether oxygens (including phenoxy) is 1. The van der Waals surface area contributed by atoms with Gasteiger partial charge in [-0.05, 0) is 11.6 Å². The molecule has 1 aromatic heterocycles. The number of nitriles is 1. The summed E-state index contributed by atoms with van der Waals surface area (Å²) in [5.74, 6) is 0.110. The van der Waals surface area contributed by atoms with Crippen LogP contribution in [0.25, 0.3) is 11.1 Å². The first kappa shape index (κ1) is 25.1. The van der Waals surface area contributed by atoms with E-state index in [0.29, 0.717) is 22.3 Å². The third-order valence-corrected chi connectivity index (χ3v) is 7.84. The number of sulfonamides is 1. The molecule has 1 saturated heterocycles. The quantitative estimate of drug-likeness (QED) is 0.250. The fourth-order valence-corrected chi connectivity index (χ4v) is 5.57. The van der Waals surface area contributed by atoms with Crippen LogP contribution in [-0.2, 0) is 22.2 Å². The van der Waals surface area contributed by atoms with Crippen molar-refractivity contribution in [3.05, 3.63) is 112 Å². The van der Waals surface area contributed by atoms with E-state index in [1.807, 2.05) is 30.3 Å². The Morgan fingerprint density at radius 2 is 1.79 bits per heavy atom. The number of benzene rings is 3. The van der Waals surface area contributed by atoms with Crippen molar-refractivity contribution in [3.63, 3.8) is 0 Å². The monoisotopic (exact) mass is 529 g/mol. The second kappa shape index (κ2) is 9.74. The summed E-state index contributed by atoms with van der Waals surface area (Å²) in [6.07, 6.45) is 4.41. The fourth-order valence-electron chi connectivity index (χ4n) is 4.67. The van der Waals surface area contributed by atoms with Gasteiger partial charge in [-0.3, -0.25) is 14.8 Å². The van der Waals surface area contributed by atoms with Gasteiger partial charge >= 0.3 is 5.69 Å². The van der Waals surface area contributed by atoms with Gasteiger partial charge in [0, 0.05) is 42.0 Å². The highest BCUT2D eigenvalue weighted by atomic mass is 32.2. The highest BCUT2D eigenvalue weighted by molar-refractivity contribution is 7.88. The number of nitro groups is 1. The molecule has 0 unspecified atom stereocenters. The van der Waals surface area contributed by atoms with E-state index in [1.54, 1.807) is 53.5 Å². The lowest BCUT2D eigenvalue weighted by Crippen LogP contribution is -2.64. The lowest BCUT2D eigenvalue weighted by Gasteiger charge is -2.49. The van der Waals surface area contributed by atoms with Gasteiger partial charge in [-0.2, -0.15) is 14.7 Å². The van der Waals surface area contributed by atoms with Crippen LogP contribution in [0.5, 0.6) is 5.75 Å². The molecule has 0 radical (unpaired) electrons. The van der Waals surface area contributed by atoms with Crippen molar-refractivity contribution in [3.8, 4) is 22.9 Å². The maximum absolute atomic E-state index is 12.2. The van der Waals surface area contributed by atoms with Crippen molar-refractivity contribution in [2.24, 2.45) is 0 Å². The van der Waals surface area contributed by atoms with E-state index in [1.165, 1.54) is 10.4 Å². The van der Waals surface area contributed by atoms with Gasteiger partial charge in [0.2, 0.25) is 15.8 Å². The molecule has 5 rings (SSSR count). The first-order valence-electron chi connectivity index (χ1n) is 11.7. The molecule has 0 atom stereocenters. The molecule has 0 amide bonds. The summed E-state index contributed by atoms with van der Waals surface area (Å²) in [4.78, 5) is 11.3. The average Bonchev–Trinajstić information content (AvgIpc) is 3.37. The topological polar surface area (TPSA) is 131 Å². The van der Waals surface area contributed by atoms with Crippen LogP contribution in [0.4, 0.5) is 5.69 Å². The molecule has 0 saturated carbocycles. The Morgan fingerprint density at radius 1 is 1.08 bits per heavy atom. The molecule has 0 aliphatic carbocycles. The lowest BCUT2D eigenvalue weighted by molar-refractivity contribution is -0.385. The summed E-state index contributed by atoms with van der Waals surface area (Å²) >= 11 is 0. The molecule has 0 N–H and O–H groups in total. The van der Waals surface area contributed by atoms with Gasteiger partial charge in [-0.15, -0.1) is 0 Å². The van der Waals surface area contributed by atoms with Gasteiger partial charge in [0.05, 0.1) is 29.0 Å². The highest BCUT2D eigenvalue weighted by Gasteiger charge is 2.51.